The standard InChI is InChI=1S/C51H40N2/c1-33(2)49(36-19-8-5-9-20-36)52-46(35-17-6-4-7-18-35)31-34(3)37-29-30-47-41(32-37)40-23-16-27-45-50(40)53(47)48-28-15-14-26-44(48)51(45)42-24-12-10-21-38(42)39-22-11-13-25-43(39)51/h4,6-8,10-32H,5,9H2,1-3H3/b34-31+,52-46+. The Morgan fingerprint density at radius 2 is 1.30 bits per heavy atom. The van der Waals surface area contributed by atoms with E-state index in [1.54, 1.807) is 0 Å². The number of rotatable bonds is 5. The molecule has 53 heavy (non-hydrogen) atoms. The molecule has 0 radical (unpaired) electrons. The number of benzene rings is 6. The van der Waals surface area contributed by atoms with Gasteiger partial charge in [-0.3, -0.25) is 0 Å². The summed E-state index contributed by atoms with van der Waals surface area (Å²) >= 11 is 0. The second kappa shape index (κ2) is 12.2. The minimum absolute atomic E-state index is 0.404. The zero-order chi connectivity index (χ0) is 35.7. The molecule has 2 nitrogen and oxygen atoms in total. The molecule has 7 aromatic rings. The molecule has 6 aromatic carbocycles. The minimum Gasteiger partial charge on any atom is -0.309 e. The van der Waals surface area contributed by atoms with Gasteiger partial charge in [-0.25, -0.2) is 4.99 Å². The van der Waals surface area contributed by atoms with Crippen LogP contribution >= 0.6 is 0 Å². The predicted octanol–water partition coefficient (Wildman–Crippen LogP) is 12.9. The molecule has 2 aliphatic carbocycles. The van der Waals surface area contributed by atoms with Gasteiger partial charge >= 0.3 is 0 Å². The zero-order valence-electron chi connectivity index (χ0n) is 30.4. The van der Waals surface area contributed by atoms with Crippen LogP contribution in [0.3, 0.4) is 0 Å². The first-order chi connectivity index (χ1) is 26.1. The van der Waals surface area contributed by atoms with E-state index in [-0.39, 0.29) is 0 Å². The van der Waals surface area contributed by atoms with Gasteiger partial charge < -0.3 is 4.57 Å². The monoisotopic (exact) mass is 680 g/mol. The van der Waals surface area contributed by atoms with E-state index in [9.17, 15) is 0 Å². The highest BCUT2D eigenvalue weighted by Crippen LogP contribution is 2.60. The SMILES string of the molecule is CC(C)=C(/N=C(\C=C(/C)c1ccc2c(c1)c1cccc3c1n2-c1ccccc1C31c2ccccc2-c2ccccc21)c1ccccc1)C1=CCCC=C1. The lowest BCUT2D eigenvalue weighted by atomic mass is 9.65. The van der Waals surface area contributed by atoms with E-state index in [4.69, 9.17) is 4.99 Å². The first kappa shape index (κ1) is 31.5. The molecule has 2 heterocycles. The second-order valence-corrected chi connectivity index (χ2v) is 14.8. The van der Waals surface area contributed by atoms with Crippen LogP contribution < -0.4 is 0 Å². The number of allylic oxidation sites excluding steroid dienone is 6. The highest BCUT2D eigenvalue weighted by Gasteiger charge is 2.50. The van der Waals surface area contributed by atoms with Crippen molar-refractivity contribution in [3.8, 4) is 16.8 Å². The maximum absolute atomic E-state index is 5.38. The number of nitrogens with zero attached hydrogens (tertiary/aromatic N) is 2. The maximum Gasteiger partial charge on any atom is 0.0754 e. The number of aromatic nitrogens is 1. The minimum atomic E-state index is -0.404. The van der Waals surface area contributed by atoms with E-state index in [2.05, 4.69) is 189 Å². The number of hydrogen-bond acceptors (Lipinski definition) is 1. The summed E-state index contributed by atoms with van der Waals surface area (Å²) in [6.45, 7) is 6.55. The van der Waals surface area contributed by atoms with Gasteiger partial charge in [0.15, 0.2) is 0 Å². The third-order valence-corrected chi connectivity index (χ3v) is 11.5. The average Bonchev–Trinajstić information content (AvgIpc) is 3.70. The van der Waals surface area contributed by atoms with Crippen molar-refractivity contribution in [2.45, 2.75) is 39.0 Å². The lowest BCUT2D eigenvalue weighted by Gasteiger charge is -2.39. The summed E-state index contributed by atoms with van der Waals surface area (Å²) in [4.78, 5) is 5.38. The number of aliphatic imine (C=N–C) groups is 1. The van der Waals surface area contributed by atoms with Gasteiger partial charge in [0.2, 0.25) is 0 Å². The lowest BCUT2D eigenvalue weighted by Crippen LogP contribution is -2.33. The fraction of sp³-hybridized carbons (Fsp3) is 0.118. The number of hydrogen-bond donors (Lipinski definition) is 0. The highest BCUT2D eigenvalue weighted by atomic mass is 15.0. The Kier molecular flexibility index (Phi) is 7.23. The van der Waals surface area contributed by atoms with Gasteiger partial charge in [0.25, 0.3) is 0 Å². The Morgan fingerprint density at radius 3 is 2.02 bits per heavy atom. The molecule has 0 bridgehead atoms. The normalized spacial score (nSPS) is 15.3. The largest absolute Gasteiger partial charge is 0.309 e. The molecule has 1 spiro atoms. The van der Waals surface area contributed by atoms with Crippen molar-refractivity contribution in [1.82, 2.24) is 4.57 Å². The summed E-state index contributed by atoms with van der Waals surface area (Å²) in [7, 11) is 0. The Hall–Kier alpha value is -6.25. The van der Waals surface area contributed by atoms with Gasteiger partial charge in [0.05, 0.1) is 33.5 Å². The molecule has 2 heteroatoms. The van der Waals surface area contributed by atoms with Crippen LogP contribution in [0.4, 0.5) is 0 Å². The summed E-state index contributed by atoms with van der Waals surface area (Å²) in [6.07, 6.45) is 11.2. The van der Waals surface area contributed by atoms with Crippen molar-refractivity contribution in [2.24, 2.45) is 4.99 Å². The van der Waals surface area contributed by atoms with E-state index in [0.29, 0.717) is 0 Å². The van der Waals surface area contributed by atoms with Crippen LogP contribution in [0.15, 0.2) is 186 Å². The zero-order valence-corrected chi connectivity index (χ0v) is 30.4. The van der Waals surface area contributed by atoms with E-state index in [1.165, 1.54) is 83.2 Å². The van der Waals surface area contributed by atoms with Crippen molar-refractivity contribution in [3.63, 3.8) is 0 Å². The van der Waals surface area contributed by atoms with Crippen LogP contribution in [0.1, 0.15) is 67.0 Å². The van der Waals surface area contributed by atoms with Gasteiger partial charge in [-0.15, -0.1) is 0 Å². The van der Waals surface area contributed by atoms with Crippen LogP contribution in [0.2, 0.25) is 0 Å². The quantitative estimate of drug-likeness (QED) is 0.161. The summed E-state index contributed by atoms with van der Waals surface area (Å²) in [6, 6.07) is 51.7. The summed E-state index contributed by atoms with van der Waals surface area (Å²) in [5, 5.41) is 2.54. The first-order valence-corrected chi connectivity index (χ1v) is 18.8. The Bertz CT molecular complexity index is 2750. The van der Waals surface area contributed by atoms with E-state index >= 15 is 0 Å². The molecular formula is C51H40N2. The van der Waals surface area contributed by atoms with Gasteiger partial charge in [-0.1, -0.05) is 145 Å². The summed E-state index contributed by atoms with van der Waals surface area (Å²) in [5.74, 6) is 0. The Labute approximate surface area is 311 Å². The maximum atomic E-state index is 5.38. The number of para-hydroxylation sites is 2. The Morgan fingerprint density at radius 1 is 0.623 bits per heavy atom. The van der Waals surface area contributed by atoms with E-state index < -0.39 is 5.41 Å². The topological polar surface area (TPSA) is 17.3 Å². The molecular weight excluding hydrogens is 641 g/mol. The van der Waals surface area contributed by atoms with Gasteiger partial charge in [-0.2, -0.15) is 0 Å². The molecule has 1 aromatic heterocycles. The number of fused-ring (bicyclic) bond motifs is 12. The highest BCUT2D eigenvalue weighted by molar-refractivity contribution is 6.15. The Balaban J connectivity index is 1.20. The smallest absolute Gasteiger partial charge is 0.0754 e. The third-order valence-electron chi connectivity index (χ3n) is 11.5. The molecule has 0 N–H and O–H groups in total. The van der Waals surface area contributed by atoms with Crippen LogP contribution in [0.5, 0.6) is 0 Å². The average molecular weight is 681 g/mol. The van der Waals surface area contributed by atoms with Gasteiger partial charge in [-0.05, 0) is 108 Å². The molecule has 3 aliphatic rings. The fourth-order valence-electron chi connectivity index (χ4n) is 9.27. The molecule has 0 unspecified atom stereocenters. The van der Waals surface area contributed by atoms with Crippen LogP contribution in [0, 0.1) is 0 Å². The van der Waals surface area contributed by atoms with Crippen molar-refractivity contribution in [2.75, 3.05) is 0 Å². The second-order valence-electron chi connectivity index (χ2n) is 14.8. The molecule has 1 aliphatic heterocycles. The van der Waals surface area contributed by atoms with Gasteiger partial charge in [0.1, 0.15) is 0 Å². The van der Waals surface area contributed by atoms with Gasteiger partial charge in [0, 0.05) is 16.3 Å². The van der Waals surface area contributed by atoms with Crippen molar-refractivity contribution in [3.05, 3.63) is 214 Å². The molecule has 0 amide bonds. The molecule has 0 fully saturated rings. The lowest BCUT2D eigenvalue weighted by molar-refractivity contribution is 0.748. The fourth-order valence-corrected chi connectivity index (χ4v) is 9.27. The molecule has 254 valence electrons. The van der Waals surface area contributed by atoms with E-state index in [1.807, 2.05) is 0 Å². The molecule has 10 rings (SSSR count). The van der Waals surface area contributed by atoms with Crippen molar-refractivity contribution in [1.29, 1.82) is 0 Å². The predicted molar refractivity (Wildman–Crippen MR) is 223 cm³/mol. The first-order valence-electron chi connectivity index (χ1n) is 18.8. The van der Waals surface area contributed by atoms with Crippen LogP contribution in [-0.2, 0) is 5.41 Å². The van der Waals surface area contributed by atoms with Crippen molar-refractivity contribution < 1.29 is 0 Å². The summed E-state index contributed by atoms with van der Waals surface area (Å²) < 4.78 is 2.52. The van der Waals surface area contributed by atoms with Crippen molar-refractivity contribution >= 4 is 33.1 Å². The summed E-state index contributed by atoms with van der Waals surface area (Å²) in [5.41, 5.74) is 19.3. The van der Waals surface area contributed by atoms with E-state index in [0.717, 1.165) is 29.8 Å². The van der Waals surface area contributed by atoms with Crippen LogP contribution in [0.25, 0.3) is 44.2 Å². The third kappa shape index (κ3) is 4.61. The molecule has 0 atom stereocenters. The molecule has 0 saturated carbocycles. The van der Waals surface area contributed by atoms with Crippen LogP contribution in [-0.4, -0.2) is 10.3 Å². The molecule has 0 saturated heterocycles.